The molecule has 0 amide bonds. The van der Waals surface area contributed by atoms with Crippen molar-refractivity contribution in [2.75, 3.05) is 10.6 Å². The van der Waals surface area contributed by atoms with Crippen LogP contribution in [0.4, 0.5) is 21.5 Å². The Morgan fingerprint density at radius 1 is 1.33 bits per heavy atom. The Labute approximate surface area is 139 Å². The molecule has 3 rings (SSSR count). The summed E-state index contributed by atoms with van der Waals surface area (Å²) in [7, 11) is 0. The van der Waals surface area contributed by atoms with Crippen molar-refractivity contribution in [1.82, 2.24) is 0 Å². The van der Waals surface area contributed by atoms with Crippen molar-refractivity contribution in [3.63, 3.8) is 0 Å². The molecule has 2 aromatic rings. The number of carbonyl (C=O) groups excluding carboxylic acids is 1. The third-order valence-corrected chi connectivity index (χ3v) is 4.18. The van der Waals surface area contributed by atoms with Gasteiger partial charge in [-0.3, -0.25) is 0 Å². The topological polar surface area (TPSA) is 75.8 Å². The molecule has 1 heterocycles. The van der Waals surface area contributed by atoms with Gasteiger partial charge in [0.05, 0.1) is 12.3 Å². The molecule has 1 unspecified atom stereocenters. The minimum Gasteiger partial charge on any atom is -0.483 e. The number of nitrogens with zero attached hydrogens (tertiary/aromatic N) is 1. The van der Waals surface area contributed by atoms with E-state index < -0.39 is 11.6 Å². The zero-order valence-corrected chi connectivity index (χ0v) is 13.5. The summed E-state index contributed by atoms with van der Waals surface area (Å²) in [5.74, 6) is 0.111. The number of ether oxygens (including phenoxy) is 1. The van der Waals surface area contributed by atoms with Gasteiger partial charge in [-0.2, -0.15) is 0 Å². The molecule has 0 fully saturated rings. The second kappa shape index (κ2) is 5.79. The van der Waals surface area contributed by atoms with Crippen LogP contribution in [-0.2, 0) is 11.4 Å². The molecule has 0 spiro atoms. The Kier molecular flexibility index (Phi) is 3.93. The fourth-order valence-corrected chi connectivity index (χ4v) is 3.07. The number of anilines is 3. The van der Waals surface area contributed by atoms with Gasteiger partial charge in [-0.1, -0.05) is 0 Å². The Morgan fingerprint density at radius 3 is 2.58 bits per heavy atom. The van der Waals surface area contributed by atoms with Crippen molar-refractivity contribution in [2.24, 2.45) is 0 Å². The molecule has 0 bridgehead atoms. The molecule has 1 aliphatic heterocycles. The highest BCUT2D eigenvalue weighted by atomic mass is 19.1. The van der Waals surface area contributed by atoms with Gasteiger partial charge in [0.25, 0.3) is 0 Å². The van der Waals surface area contributed by atoms with Crippen molar-refractivity contribution in [3.05, 3.63) is 47.8 Å². The molecular weight excluding hydrogens is 311 g/mol. The lowest BCUT2D eigenvalue weighted by molar-refractivity contribution is -0.112. The smallest absolute Gasteiger partial charge is 0.146 e. The second-order valence-corrected chi connectivity index (χ2v) is 6.32. The third kappa shape index (κ3) is 2.59. The molecule has 126 valence electrons. The minimum absolute atomic E-state index is 0.263. The van der Waals surface area contributed by atoms with Gasteiger partial charge in [0.2, 0.25) is 0 Å². The number of fused-ring (bicyclic) bond motifs is 1. The van der Waals surface area contributed by atoms with Gasteiger partial charge in [0.15, 0.2) is 0 Å². The molecule has 0 radical (unpaired) electrons. The number of hydrogen-bond donors (Lipinski definition) is 2. The number of nitrogens with two attached hydrogens (primary N) is 1. The van der Waals surface area contributed by atoms with Crippen molar-refractivity contribution in [3.8, 4) is 5.75 Å². The van der Waals surface area contributed by atoms with Crippen LogP contribution < -0.4 is 15.4 Å². The van der Waals surface area contributed by atoms with Crippen molar-refractivity contribution < 1.29 is 19.0 Å². The normalized spacial score (nSPS) is 18.7. The van der Waals surface area contributed by atoms with E-state index in [1.165, 1.54) is 12.1 Å². The summed E-state index contributed by atoms with van der Waals surface area (Å²) in [4.78, 5) is 13.6. The first-order chi connectivity index (χ1) is 11.4. The number of aldehydes is 1. The molecule has 0 saturated carbocycles. The number of halogens is 1. The highest BCUT2D eigenvalue weighted by Gasteiger charge is 2.43. The van der Waals surface area contributed by atoms with Gasteiger partial charge in [0, 0.05) is 23.0 Å². The van der Waals surface area contributed by atoms with Crippen molar-refractivity contribution in [1.29, 1.82) is 0 Å². The Morgan fingerprint density at radius 2 is 2.00 bits per heavy atom. The summed E-state index contributed by atoms with van der Waals surface area (Å²) in [5.41, 5.74) is 7.25. The van der Waals surface area contributed by atoms with Crippen LogP contribution in [0.25, 0.3) is 0 Å². The van der Waals surface area contributed by atoms with Crippen LogP contribution in [0.2, 0.25) is 0 Å². The number of carbonyl (C=O) groups is 1. The molecular formula is C18H19FN2O3. The van der Waals surface area contributed by atoms with Crippen LogP contribution in [0, 0.1) is 5.82 Å². The van der Waals surface area contributed by atoms with Crippen LogP contribution in [0.15, 0.2) is 36.4 Å². The van der Waals surface area contributed by atoms with E-state index >= 15 is 0 Å². The maximum absolute atomic E-state index is 13.3. The van der Waals surface area contributed by atoms with E-state index in [0.29, 0.717) is 28.4 Å². The summed E-state index contributed by atoms with van der Waals surface area (Å²) in [6.07, 6.45) is 0.795. The quantitative estimate of drug-likeness (QED) is 0.668. The van der Waals surface area contributed by atoms with Gasteiger partial charge < -0.3 is 25.3 Å². The highest BCUT2D eigenvalue weighted by molar-refractivity contribution is 5.84. The van der Waals surface area contributed by atoms with E-state index in [-0.39, 0.29) is 12.4 Å². The van der Waals surface area contributed by atoms with Gasteiger partial charge >= 0.3 is 0 Å². The summed E-state index contributed by atoms with van der Waals surface area (Å²) in [6.45, 7) is 3.33. The summed E-state index contributed by atoms with van der Waals surface area (Å²) < 4.78 is 19.3. The molecule has 1 atom stereocenters. The Balaban J connectivity index is 2.28. The molecule has 6 heteroatoms. The number of hydrogen-bond acceptors (Lipinski definition) is 5. The number of aliphatic hydroxyl groups is 1. The van der Waals surface area contributed by atoms with E-state index in [2.05, 4.69) is 0 Å². The van der Waals surface area contributed by atoms with Crippen LogP contribution in [0.3, 0.4) is 0 Å². The predicted octanol–water partition coefficient (Wildman–Crippen LogP) is 2.78. The molecule has 3 N–H and O–H groups in total. The van der Waals surface area contributed by atoms with Crippen LogP contribution in [-0.4, -0.2) is 23.0 Å². The molecule has 1 aliphatic rings. The van der Waals surface area contributed by atoms with Gasteiger partial charge in [-0.25, -0.2) is 4.39 Å². The maximum atomic E-state index is 13.3. The van der Waals surface area contributed by atoms with E-state index in [4.69, 9.17) is 10.5 Å². The van der Waals surface area contributed by atoms with Gasteiger partial charge in [-0.05, 0) is 44.2 Å². The lowest BCUT2D eigenvalue weighted by atomic mass is 9.92. The molecule has 0 aromatic heterocycles. The van der Waals surface area contributed by atoms with Gasteiger partial charge in [-0.15, -0.1) is 0 Å². The monoisotopic (exact) mass is 330 g/mol. The Bertz CT molecular complexity index is 775. The van der Waals surface area contributed by atoms with Gasteiger partial charge in [0.1, 0.15) is 29.5 Å². The number of aliphatic hydroxyl groups excluding tert-OH is 1. The fourth-order valence-electron chi connectivity index (χ4n) is 3.07. The van der Waals surface area contributed by atoms with E-state index in [9.17, 15) is 14.3 Å². The molecule has 24 heavy (non-hydrogen) atoms. The summed E-state index contributed by atoms with van der Waals surface area (Å²) in [6, 6.07) is 8.49. The number of rotatable bonds is 3. The van der Waals surface area contributed by atoms with Crippen LogP contribution in [0.5, 0.6) is 5.75 Å². The molecule has 0 aliphatic carbocycles. The van der Waals surface area contributed by atoms with Crippen molar-refractivity contribution in [2.45, 2.75) is 32.1 Å². The average Bonchev–Trinajstić information content (AvgIpc) is 2.52. The van der Waals surface area contributed by atoms with Crippen LogP contribution in [0.1, 0.15) is 19.4 Å². The van der Waals surface area contributed by atoms with Crippen LogP contribution >= 0.6 is 0 Å². The number of benzene rings is 2. The van der Waals surface area contributed by atoms with E-state index in [0.717, 1.165) is 6.29 Å². The zero-order valence-electron chi connectivity index (χ0n) is 13.5. The highest BCUT2D eigenvalue weighted by Crippen LogP contribution is 2.47. The molecule has 0 saturated heterocycles. The first-order valence-corrected chi connectivity index (χ1v) is 7.59. The molecule has 2 aromatic carbocycles. The third-order valence-electron chi connectivity index (χ3n) is 4.18. The summed E-state index contributed by atoms with van der Waals surface area (Å²) in [5, 5.41) is 9.73. The second-order valence-electron chi connectivity index (χ2n) is 6.32. The fraction of sp³-hybridized carbons (Fsp3) is 0.278. The van der Waals surface area contributed by atoms with Crippen molar-refractivity contribution >= 4 is 23.3 Å². The Hall–Kier alpha value is -2.60. The SMILES string of the molecule is CC1(C)Oc2cc(N)cc(CO)c2N(c2ccc(F)cc2)C1C=O. The zero-order chi connectivity index (χ0) is 17.5. The maximum Gasteiger partial charge on any atom is 0.146 e. The standard InChI is InChI=1S/C18H19FN2O3/c1-18(2)16(10-23)21(14-5-3-12(19)4-6-14)17-11(9-22)7-13(20)8-15(17)24-18/h3-8,10,16,22H,9,20H2,1-2H3. The van der Waals surface area contributed by atoms with E-state index in [1.54, 1.807) is 43.0 Å². The minimum atomic E-state index is -0.830. The lowest BCUT2D eigenvalue weighted by Crippen LogP contribution is -2.55. The van der Waals surface area contributed by atoms with E-state index in [1.807, 2.05) is 0 Å². The number of nitrogen functional groups attached to an aromatic ring is 1. The summed E-state index contributed by atoms with van der Waals surface area (Å²) >= 11 is 0. The largest absolute Gasteiger partial charge is 0.483 e. The average molecular weight is 330 g/mol. The lowest BCUT2D eigenvalue weighted by Gasteiger charge is -2.46. The first kappa shape index (κ1) is 16.3. The first-order valence-electron chi connectivity index (χ1n) is 7.59. The predicted molar refractivity (Wildman–Crippen MR) is 89.9 cm³/mol. The molecule has 5 nitrogen and oxygen atoms in total.